The Morgan fingerprint density at radius 1 is 1.00 bits per heavy atom. The van der Waals surface area contributed by atoms with Gasteiger partial charge in [0.25, 0.3) is 0 Å². The maximum Gasteiger partial charge on any atom is 0.163 e. The van der Waals surface area contributed by atoms with Gasteiger partial charge in [0, 0.05) is 18.2 Å². The molecule has 0 spiro atoms. The number of nitrogen functional groups attached to an aromatic ring is 1. The van der Waals surface area contributed by atoms with Gasteiger partial charge >= 0.3 is 0 Å². The summed E-state index contributed by atoms with van der Waals surface area (Å²) >= 11 is 0. The number of aromatic nitrogens is 1. The molecule has 5 nitrogen and oxygen atoms in total. The molecule has 0 fully saturated rings. The van der Waals surface area contributed by atoms with E-state index in [1.54, 1.807) is 12.3 Å². The van der Waals surface area contributed by atoms with Gasteiger partial charge in [-0.2, -0.15) is 0 Å². The lowest BCUT2D eigenvalue weighted by molar-refractivity contribution is 0.297. The first-order valence-electron chi connectivity index (χ1n) is 6.19. The second-order valence-electron chi connectivity index (χ2n) is 4.31. The SMILES string of the molecule is Nc1ccc(Nc2ccc3c(c2)OCCCO3)cn1. The number of anilines is 3. The molecule has 5 heteroatoms. The van der Waals surface area contributed by atoms with Crippen LogP contribution < -0.4 is 20.5 Å². The number of hydrogen-bond donors (Lipinski definition) is 2. The van der Waals surface area contributed by atoms with Gasteiger partial charge in [0.15, 0.2) is 11.5 Å². The molecule has 2 heterocycles. The number of ether oxygens (including phenoxy) is 2. The van der Waals surface area contributed by atoms with E-state index in [4.69, 9.17) is 15.2 Å². The molecule has 0 radical (unpaired) electrons. The van der Waals surface area contributed by atoms with Crippen LogP contribution in [0, 0.1) is 0 Å². The van der Waals surface area contributed by atoms with Crippen molar-refractivity contribution in [2.24, 2.45) is 0 Å². The van der Waals surface area contributed by atoms with Crippen LogP contribution in [0.2, 0.25) is 0 Å². The first-order valence-corrected chi connectivity index (χ1v) is 6.19. The van der Waals surface area contributed by atoms with Gasteiger partial charge in [-0.15, -0.1) is 0 Å². The summed E-state index contributed by atoms with van der Waals surface area (Å²) < 4.78 is 11.2. The fourth-order valence-corrected chi connectivity index (χ4v) is 1.89. The largest absolute Gasteiger partial charge is 0.490 e. The van der Waals surface area contributed by atoms with Gasteiger partial charge in [-0.05, 0) is 24.3 Å². The smallest absolute Gasteiger partial charge is 0.163 e. The third kappa shape index (κ3) is 2.70. The fourth-order valence-electron chi connectivity index (χ4n) is 1.89. The standard InChI is InChI=1S/C14H15N3O2/c15-14-5-3-11(9-16-14)17-10-2-4-12-13(8-10)19-7-1-6-18-12/h2-5,8-9,17H,1,6-7H2,(H2,15,16). The second-order valence-corrected chi connectivity index (χ2v) is 4.31. The highest BCUT2D eigenvalue weighted by Gasteiger charge is 2.10. The Morgan fingerprint density at radius 3 is 2.58 bits per heavy atom. The molecule has 3 rings (SSSR count). The first kappa shape index (κ1) is 11.6. The van der Waals surface area contributed by atoms with Crippen molar-refractivity contribution in [3.05, 3.63) is 36.5 Å². The summed E-state index contributed by atoms with van der Waals surface area (Å²) in [4.78, 5) is 4.04. The molecule has 0 atom stereocenters. The molecule has 0 saturated heterocycles. The quantitative estimate of drug-likeness (QED) is 0.865. The van der Waals surface area contributed by atoms with E-state index >= 15 is 0 Å². The number of fused-ring (bicyclic) bond motifs is 1. The zero-order valence-corrected chi connectivity index (χ0v) is 10.4. The highest BCUT2D eigenvalue weighted by molar-refractivity contribution is 5.63. The Hall–Kier alpha value is -2.43. The van der Waals surface area contributed by atoms with Gasteiger partial charge < -0.3 is 20.5 Å². The van der Waals surface area contributed by atoms with Gasteiger partial charge in [-0.3, -0.25) is 0 Å². The summed E-state index contributed by atoms with van der Waals surface area (Å²) in [5, 5.41) is 3.25. The van der Waals surface area contributed by atoms with Crippen LogP contribution in [0.5, 0.6) is 11.5 Å². The van der Waals surface area contributed by atoms with Crippen LogP contribution in [0.4, 0.5) is 17.2 Å². The molecule has 2 aromatic rings. The first-order chi connectivity index (χ1) is 9.31. The van der Waals surface area contributed by atoms with Gasteiger partial charge in [-0.1, -0.05) is 0 Å². The minimum absolute atomic E-state index is 0.504. The maximum absolute atomic E-state index is 5.65. The summed E-state index contributed by atoms with van der Waals surface area (Å²) in [5.74, 6) is 2.06. The molecular weight excluding hydrogens is 242 g/mol. The van der Waals surface area contributed by atoms with Crippen LogP contribution >= 0.6 is 0 Å². The van der Waals surface area contributed by atoms with Crippen LogP contribution in [-0.2, 0) is 0 Å². The molecule has 3 N–H and O–H groups in total. The third-order valence-corrected chi connectivity index (χ3v) is 2.82. The van der Waals surface area contributed by atoms with E-state index in [1.165, 1.54) is 0 Å². The predicted octanol–water partition coefficient (Wildman–Crippen LogP) is 2.57. The average Bonchev–Trinajstić information content (AvgIpc) is 2.66. The van der Waals surface area contributed by atoms with Gasteiger partial charge in [0.1, 0.15) is 5.82 Å². The molecule has 1 aliphatic rings. The van der Waals surface area contributed by atoms with E-state index in [1.807, 2.05) is 24.3 Å². The summed E-state index contributed by atoms with van der Waals surface area (Å²) in [6.07, 6.45) is 2.59. The summed E-state index contributed by atoms with van der Waals surface area (Å²) in [6, 6.07) is 9.42. The minimum atomic E-state index is 0.504. The van der Waals surface area contributed by atoms with Crippen LogP contribution in [0.15, 0.2) is 36.5 Å². The van der Waals surface area contributed by atoms with Gasteiger partial charge in [0.2, 0.25) is 0 Å². The van der Waals surface area contributed by atoms with E-state index in [9.17, 15) is 0 Å². The van der Waals surface area contributed by atoms with Crippen molar-refractivity contribution in [1.29, 1.82) is 0 Å². The molecule has 1 aromatic carbocycles. The van der Waals surface area contributed by atoms with Crippen molar-refractivity contribution in [2.45, 2.75) is 6.42 Å². The Balaban J connectivity index is 1.81. The monoisotopic (exact) mass is 257 g/mol. The normalized spacial score (nSPS) is 13.7. The summed E-state index contributed by atoms with van der Waals surface area (Å²) in [6.45, 7) is 1.38. The number of benzene rings is 1. The van der Waals surface area contributed by atoms with E-state index < -0.39 is 0 Å². The number of nitrogens with two attached hydrogens (primary N) is 1. The van der Waals surface area contributed by atoms with Crippen molar-refractivity contribution < 1.29 is 9.47 Å². The molecular formula is C14H15N3O2. The Morgan fingerprint density at radius 2 is 1.79 bits per heavy atom. The van der Waals surface area contributed by atoms with Crippen molar-refractivity contribution in [3.8, 4) is 11.5 Å². The Labute approximate surface area is 111 Å². The van der Waals surface area contributed by atoms with Crippen LogP contribution in [0.1, 0.15) is 6.42 Å². The number of pyridine rings is 1. The molecule has 19 heavy (non-hydrogen) atoms. The van der Waals surface area contributed by atoms with Crippen LogP contribution in [-0.4, -0.2) is 18.2 Å². The zero-order chi connectivity index (χ0) is 13.1. The van der Waals surface area contributed by atoms with E-state index in [-0.39, 0.29) is 0 Å². The van der Waals surface area contributed by atoms with E-state index in [2.05, 4.69) is 10.3 Å². The second kappa shape index (κ2) is 5.06. The predicted molar refractivity (Wildman–Crippen MR) is 74.0 cm³/mol. The van der Waals surface area contributed by atoms with Crippen molar-refractivity contribution in [1.82, 2.24) is 4.98 Å². The molecule has 0 saturated carbocycles. The number of nitrogens with one attached hydrogen (secondary N) is 1. The number of rotatable bonds is 2. The average molecular weight is 257 g/mol. The van der Waals surface area contributed by atoms with Gasteiger partial charge in [0.05, 0.1) is 25.1 Å². The number of hydrogen-bond acceptors (Lipinski definition) is 5. The lowest BCUT2D eigenvalue weighted by Crippen LogP contribution is -1.97. The highest BCUT2D eigenvalue weighted by Crippen LogP contribution is 2.33. The lowest BCUT2D eigenvalue weighted by Gasteiger charge is -2.11. The fraction of sp³-hybridized carbons (Fsp3) is 0.214. The maximum atomic E-state index is 5.65. The third-order valence-electron chi connectivity index (χ3n) is 2.82. The van der Waals surface area contributed by atoms with E-state index in [0.29, 0.717) is 19.0 Å². The lowest BCUT2D eigenvalue weighted by atomic mass is 10.2. The number of nitrogens with zero attached hydrogens (tertiary/aromatic N) is 1. The minimum Gasteiger partial charge on any atom is -0.490 e. The molecule has 0 amide bonds. The van der Waals surface area contributed by atoms with Gasteiger partial charge in [-0.25, -0.2) is 4.98 Å². The molecule has 0 bridgehead atoms. The van der Waals surface area contributed by atoms with Crippen molar-refractivity contribution in [2.75, 3.05) is 24.3 Å². The van der Waals surface area contributed by atoms with Crippen LogP contribution in [0.25, 0.3) is 0 Å². The molecule has 0 unspecified atom stereocenters. The van der Waals surface area contributed by atoms with Crippen molar-refractivity contribution >= 4 is 17.2 Å². The Bertz CT molecular complexity index is 569. The molecule has 1 aliphatic heterocycles. The Kier molecular flexibility index (Phi) is 3.10. The highest BCUT2D eigenvalue weighted by atomic mass is 16.5. The zero-order valence-electron chi connectivity index (χ0n) is 10.4. The molecule has 1 aromatic heterocycles. The van der Waals surface area contributed by atoms with E-state index in [0.717, 1.165) is 29.3 Å². The molecule has 0 aliphatic carbocycles. The van der Waals surface area contributed by atoms with Crippen LogP contribution in [0.3, 0.4) is 0 Å². The summed E-state index contributed by atoms with van der Waals surface area (Å²) in [7, 11) is 0. The molecule has 98 valence electrons. The van der Waals surface area contributed by atoms with Crippen molar-refractivity contribution in [3.63, 3.8) is 0 Å². The summed E-state index contributed by atoms with van der Waals surface area (Å²) in [5.41, 5.74) is 7.36. The topological polar surface area (TPSA) is 69.4 Å².